The molecular weight excluding hydrogens is 264 g/mol. The highest BCUT2D eigenvalue weighted by molar-refractivity contribution is 5.78. The highest BCUT2D eigenvalue weighted by atomic mass is 16.3. The molecule has 0 radical (unpaired) electrons. The Balaban J connectivity index is 1.81. The summed E-state index contributed by atoms with van der Waals surface area (Å²) in [6, 6.07) is -0.579. The van der Waals surface area contributed by atoms with Crippen LogP contribution < -0.4 is 10.9 Å². The molecular formula is C12H14N4O4. The third kappa shape index (κ3) is 1.33. The maximum atomic E-state index is 11.6. The Morgan fingerprint density at radius 1 is 1.30 bits per heavy atom. The summed E-state index contributed by atoms with van der Waals surface area (Å²) in [7, 11) is 0. The van der Waals surface area contributed by atoms with Gasteiger partial charge in [0, 0.05) is 11.8 Å². The molecule has 0 aromatic carbocycles. The molecule has 20 heavy (non-hydrogen) atoms. The summed E-state index contributed by atoms with van der Waals surface area (Å²) in [6.45, 7) is 0. The standard InChI is InChI=1S/C12H14N4O4/c17-5-1-12(5)10(19)9(18)7(16-12)4-2-13-8-6(4)14-3-15-11(8)20/h2-3,5,7,9-10,13,16-19H,1H2,(H,14,15,20)/t5-,7-,9-,10-,12-/m0/s1. The summed E-state index contributed by atoms with van der Waals surface area (Å²) >= 11 is 0. The van der Waals surface area contributed by atoms with Gasteiger partial charge in [0.1, 0.15) is 23.2 Å². The number of fused-ring (bicyclic) bond motifs is 1. The summed E-state index contributed by atoms with van der Waals surface area (Å²) in [5.41, 5.74) is 0.242. The summed E-state index contributed by atoms with van der Waals surface area (Å²) in [6.07, 6.45) is 0.508. The Kier molecular flexibility index (Phi) is 2.21. The van der Waals surface area contributed by atoms with Gasteiger partial charge in [0.2, 0.25) is 0 Å². The third-order valence-corrected chi connectivity index (χ3v) is 4.42. The largest absolute Gasteiger partial charge is 0.391 e. The predicted octanol–water partition coefficient (Wildman–Crippen LogP) is -1.88. The number of nitrogens with one attached hydrogen (secondary N) is 3. The first-order chi connectivity index (χ1) is 9.54. The summed E-state index contributed by atoms with van der Waals surface area (Å²) in [5, 5.41) is 33.0. The maximum absolute atomic E-state index is 11.6. The number of aromatic nitrogens is 3. The van der Waals surface area contributed by atoms with Crippen molar-refractivity contribution in [3.63, 3.8) is 0 Å². The molecule has 1 aliphatic heterocycles. The zero-order chi connectivity index (χ0) is 14.1. The van der Waals surface area contributed by atoms with E-state index in [1.54, 1.807) is 6.20 Å². The monoisotopic (exact) mass is 278 g/mol. The minimum absolute atomic E-state index is 0.296. The maximum Gasteiger partial charge on any atom is 0.275 e. The Morgan fingerprint density at radius 3 is 2.70 bits per heavy atom. The molecule has 2 fully saturated rings. The average Bonchev–Trinajstić information content (AvgIpc) is 2.80. The van der Waals surface area contributed by atoms with Crippen molar-refractivity contribution in [3.05, 3.63) is 28.4 Å². The lowest BCUT2D eigenvalue weighted by Crippen LogP contribution is -2.38. The molecule has 2 aromatic heterocycles. The van der Waals surface area contributed by atoms with Gasteiger partial charge in [-0.2, -0.15) is 0 Å². The van der Waals surface area contributed by atoms with E-state index < -0.39 is 29.9 Å². The number of aliphatic hydroxyl groups excluding tert-OH is 3. The van der Waals surface area contributed by atoms with Crippen molar-refractivity contribution in [1.82, 2.24) is 20.3 Å². The molecule has 0 amide bonds. The van der Waals surface area contributed by atoms with E-state index in [4.69, 9.17) is 0 Å². The smallest absolute Gasteiger partial charge is 0.275 e. The molecule has 3 heterocycles. The predicted molar refractivity (Wildman–Crippen MR) is 68.0 cm³/mol. The van der Waals surface area contributed by atoms with E-state index in [2.05, 4.69) is 20.3 Å². The fraction of sp³-hybridized carbons (Fsp3) is 0.500. The number of aromatic amines is 2. The third-order valence-electron chi connectivity index (χ3n) is 4.42. The van der Waals surface area contributed by atoms with E-state index in [1.807, 2.05) is 0 Å². The molecule has 4 rings (SSSR count). The quantitative estimate of drug-likeness (QED) is 0.361. The topological polar surface area (TPSA) is 134 Å². The van der Waals surface area contributed by atoms with Crippen molar-refractivity contribution in [2.24, 2.45) is 0 Å². The van der Waals surface area contributed by atoms with Gasteiger partial charge < -0.3 is 25.3 Å². The number of rotatable bonds is 1. The van der Waals surface area contributed by atoms with Gasteiger partial charge in [-0.1, -0.05) is 0 Å². The van der Waals surface area contributed by atoms with Crippen LogP contribution in [0, 0.1) is 0 Å². The molecule has 0 unspecified atom stereocenters. The van der Waals surface area contributed by atoms with Crippen LogP contribution in [-0.4, -0.2) is 54.1 Å². The second-order valence-corrected chi connectivity index (χ2v) is 5.52. The van der Waals surface area contributed by atoms with Gasteiger partial charge in [0.05, 0.1) is 24.0 Å². The lowest BCUT2D eigenvalue weighted by atomic mass is 10.0. The SMILES string of the molecule is O=c1[nH]cnc2c([C@@H]3N[C@]4(C[C@@H]4O)[C@@H](O)[C@H]3O)c[nH]c12. The van der Waals surface area contributed by atoms with Crippen LogP contribution in [-0.2, 0) is 0 Å². The van der Waals surface area contributed by atoms with Gasteiger partial charge in [-0.15, -0.1) is 0 Å². The Labute approximate surface area is 112 Å². The molecule has 8 heteroatoms. The van der Waals surface area contributed by atoms with Gasteiger partial charge in [0.25, 0.3) is 5.56 Å². The second kappa shape index (κ2) is 3.67. The van der Waals surface area contributed by atoms with Crippen molar-refractivity contribution < 1.29 is 15.3 Å². The lowest BCUT2D eigenvalue weighted by molar-refractivity contribution is 0.0162. The van der Waals surface area contributed by atoms with Gasteiger partial charge in [-0.3, -0.25) is 10.1 Å². The van der Waals surface area contributed by atoms with E-state index >= 15 is 0 Å². The Morgan fingerprint density at radius 2 is 2.05 bits per heavy atom. The van der Waals surface area contributed by atoms with Gasteiger partial charge in [-0.25, -0.2) is 4.98 Å². The molecule has 2 aliphatic rings. The van der Waals surface area contributed by atoms with Gasteiger partial charge in [-0.05, 0) is 6.42 Å². The molecule has 8 nitrogen and oxygen atoms in total. The van der Waals surface area contributed by atoms with E-state index in [0.717, 1.165) is 0 Å². The van der Waals surface area contributed by atoms with Crippen LogP contribution in [0.5, 0.6) is 0 Å². The normalized spacial score (nSPS) is 39.8. The zero-order valence-corrected chi connectivity index (χ0v) is 10.4. The van der Waals surface area contributed by atoms with E-state index in [9.17, 15) is 20.1 Å². The van der Waals surface area contributed by atoms with Crippen molar-refractivity contribution in [2.45, 2.75) is 36.3 Å². The van der Waals surface area contributed by atoms with E-state index in [-0.39, 0.29) is 5.56 Å². The number of H-pyrrole nitrogens is 2. The number of aliphatic hydroxyl groups is 3. The van der Waals surface area contributed by atoms with Crippen molar-refractivity contribution in [3.8, 4) is 0 Å². The molecule has 1 aliphatic carbocycles. The highest BCUT2D eigenvalue weighted by Crippen LogP contribution is 2.49. The second-order valence-electron chi connectivity index (χ2n) is 5.52. The number of nitrogens with zero attached hydrogens (tertiary/aromatic N) is 1. The molecule has 0 bridgehead atoms. The van der Waals surface area contributed by atoms with Gasteiger partial charge >= 0.3 is 0 Å². The molecule has 1 saturated carbocycles. The van der Waals surface area contributed by atoms with Crippen molar-refractivity contribution in [1.29, 1.82) is 0 Å². The Hall–Kier alpha value is -1.74. The van der Waals surface area contributed by atoms with Crippen LogP contribution in [0.4, 0.5) is 0 Å². The molecule has 6 N–H and O–H groups in total. The summed E-state index contributed by atoms with van der Waals surface area (Å²) in [4.78, 5) is 21.0. The molecule has 5 atom stereocenters. The van der Waals surface area contributed by atoms with Crippen LogP contribution in [0.15, 0.2) is 17.3 Å². The average molecular weight is 278 g/mol. The first-order valence-corrected chi connectivity index (χ1v) is 6.41. The first kappa shape index (κ1) is 12.0. The minimum atomic E-state index is -1.06. The minimum Gasteiger partial charge on any atom is -0.391 e. The first-order valence-electron chi connectivity index (χ1n) is 6.41. The summed E-state index contributed by atoms with van der Waals surface area (Å²) in [5.74, 6) is 0. The number of hydrogen-bond acceptors (Lipinski definition) is 6. The molecule has 106 valence electrons. The molecule has 1 saturated heterocycles. The van der Waals surface area contributed by atoms with E-state index in [1.165, 1.54) is 6.33 Å². The molecule has 1 spiro atoms. The lowest BCUT2D eigenvalue weighted by Gasteiger charge is -2.14. The van der Waals surface area contributed by atoms with Crippen LogP contribution in [0.2, 0.25) is 0 Å². The van der Waals surface area contributed by atoms with Crippen LogP contribution in [0.25, 0.3) is 11.0 Å². The number of hydrogen-bond donors (Lipinski definition) is 6. The Bertz CT molecular complexity index is 740. The zero-order valence-electron chi connectivity index (χ0n) is 10.4. The fourth-order valence-corrected chi connectivity index (χ4v) is 3.15. The molecule has 2 aromatic rings. The van der Waals surface area contributed by atoms with Crippen molar-refractivity contribution in [2.75, 3.05) is 0 Å². The summed E-state index contributed by atoms with van der Waals surface area (Å²) < 4.78 is 0. The van der Waals surface area contributed by atoms with E-state index in [0.29, 0.717) is 23.0 Å². The van der Waals surface area contributed by atoms with Gasteiger partial charge in [0.15, 0.2) is 0 Å². The van der Waals surface area contributed by atoms with Crippen LogP contribution in [0.1, 0.15) is 18.0 Å². The fourth-order valence-electron chi connectivity index (χ4n) is 3.15. The van der Waals surface area contributed by atoms with Crippen LogP contribution >= 0.6 is 0 Å². The highest BCUT2D eigenvalue weighted by Gasteiger charge is 2.66. The van der Waals surface area contributed by atoms with Crippen LogP contribution in [0.3, 0.4) is 0 Å². The van der Waals surface area contributed by atoms with Crippen molar-refractivity contribution >= 4 is 11.0 Å².